The standard InChI is InChI=1S/C12H13ClN4OS/c1-4-8-15-10(13)7(3)11(16-8)19-12-14-6(2)5-9(18)17-12/h5H,4H2,1-3H3,(H,14,17,18). The summed E-state index contributed by atoms with van der Waals surface area (Å²) >= 11 is 7.35. The van der Waals surface area contributed by atoms with Gasteiger partial charge in [0.25, 0.3) is 5.56 Å². The lowest BCUT2D eigenvalue weighted by Gasteiger charge is -2.07. The van der Waals surface area contributed by atoms with Crippen LogP contribution in [-0.4, -0.2) is 19.9 Å². The topological polar surface area (TPSA) is 71.5 Å². The van der Waals surface area contributed by atoms with Gasteiger partial charge in [-0.3, -0.25) is 4.79 Å². The predicted molar refractivity (Wildman–Crippen MR) is 74.9 cm³/mol. The Morgan fingerprint density at radius 3 is 2.68 bits per heavy atom. The Labute approximate surface area is 119 Å². The molecule has 0 fully saturated rings. The smallest absolute Gasteiger partial charge is 0.251 e. The van der Waals surface area contributed by atoms with Crippen LogP contribution >= 0.6 is 23.4 Å². The number of hydrogen-bond acceptors (Lipinski definition) is 5. The number of nitrogens with zero attached hydrogens (tertiary/aromatic N) is 3. The zero-order valence-electron chi connectivity index (χ0n) is 10.8. The molecule has 0 aromatic carbocycles. The van der Waals surface area contributed by atoms with Gasteiger partial charge in [0.15, 0.2) is 5.16 Å². The van der Waals surface area contributed by atoms with Gasteiger partial charge in [-0.2, -0.15) is 0 Å². The number of aromatic amines is 1. The van der Waals surface area contributed by atoms with Gasteiger partial charge in [0.05, 0.1) is 0 Å². The fourth-order valence-electron chi connectivity index (χ4n) is 1.46. The minimum absolute atomic E-state index is 0.177. The first-order valence-corrected chi connectivity index (χ1v) is 6.98. The second-order valence-corrected chi connectivity index (χ2v) is 5.34. The summed E-state index contributed by atoms with van der Waals surface area (Å²) < 4.78 is 0. The highest BCUT2D eigenvalue weighted by Gasteiger charge is 2.11. The van der Waals surface area contributed by atoms with Crippen LogP contribution in [0.2, 0.25) is 5.15 Å². The Morgan fingerprint density at radius 1 is 1.32 bits per heavy atom. The monoisotopic (exact) mass is 296 g/mol. The van der Waals surface area contributed by atoms with Crippen LogP contribution in [0.5, 0.6) is 0 Å². The average Bonchev–Trinajstić information content (AvgIpc) is 2.33. The molecule has 0 spiro atoms. The highest BCUT2D eigenvalue weighted by atomic mass is 35.5. The molecule has 7 heteroatoms. The summed E-state index contributed by atoms with van der Waals surface area (Å²) in [7, 11) is 0. The van der Waals surface area contributed by atoms with E-state index in [1.165, 1.54) is 17.8 Å². The van der Waals surface area contributed by atoms with Crippen LogP contribution in [0.25, 0.3) is 0 Å². The molecule has 2 heterocycles. The molecule has 0 radical (unpaired) electrons. The molecule has 0 atom stereocenters. The SMILES string of the molecule is CCc1nc(Cl)c(C)c(Sc2nc(C)cc(=O)[nH]2)n1. The maximum atomic E-state index is 11.4. The van der Waals surface area contributed by atoms with Gasteiger partial charge in [-0.05, 0) is 25.6 Å². The van der Waals surface area contributed by atoms with Crippen LogP contribution in [0, 0.1) is 13.8 Å². The van der Waals surface area contributed by atoms with Gasteiger partial charge >= 0.3 is 0 Å². The summed E-state index contributed by atoms with van der Waals surface area (Å²) in [4.78, 5) is 26.9. The van der Waals surface area contributed by atoms with Crippen molar-refractivity contribution >= 4 is 23.4 Å². The third-order valence-electron chi connectivity index (χ3n) is 2.45. The minimum atomic E-state index is -0.177. The molecule has 0 aliphatic heterocycles. The number of nitrogens with one attached hydrogen (secondary N) is 1. The van der Waals surface area contributed by atoms with E-state index in [1.54, 1.807) is 6.92 Å². The van der Waals surface area contributed by atoms with Crippen molar-refractivity contribution in [3.63, 3.8) is 0 Å². The van der Waals surface area contributed by atoms with E-state index >= 15 is 0 Å². The number of hydrogen-bond donors (Lipinski definition) is 1. The third-order valence-corrected chi connectivity index (χ3v) is 3.79. The van der Waals surface area contributed by atoms with E-state index in [0.717, 1.165) is 5.56 Å². The van der Waals surface area contributed by atoms with E-state index in [2.05, 4.69) is 19.9 Å². The second-order valence-electron chi connectivity index (χ2n) is 4.01. The van der Waals surface area contributed by atoms with Crippen LogP contribution in [0.3, 0.4) is 0 Å². The van der Waals surface area contributed by atoms with Crippen molar-refractivity contribution in [1.82, 2.24) is 19.9 Å². The molecule has 100 valence electrons. The molecule has 0 unspecified atom stereocenters. The second kappa shape index (κ2) is 5.71. The third kappa shape index (κ3) is 3.33. The lowest BCUT2D eigenvalue weighted by Crippen LogP contribution is -2.08. The first-order chi connectivity index (χ1) is 8.99. The fourth-order valence-corrected chi connectivity index (χ4v) is 2.63. The molecule has 0 bridgehead atoms. The quantitative estimate of drug-likeness (QED) is 0.696. The van der Waals surface area contributed by atoms with Crippen LogP contribution in [0.4, 0.5) is 0 Å². The average molecular weight is 297 g/mol. The lowest BCUT2D eigenvalue weighted by molar-refractivity contribution is 0.859. The van der Waals surface area contributed by atoms with Crippen LogP contribution in [-0.2, 0) is 6.42 Å². The Hall–Kier alpha value is -1.40. The summed E-state index contributed by atoms with van der Waals surface area (Å²) in [6.45, 7) is 5.58. The van der Waals surface area contributed by atoms with Gasteiger partial charge in [0.2, 0.25) is 0 Å². The Morgan fingerprint density at radius 2 is 2.05 bits per heavy atom. The van der Waals surface area contributed by atoms with Crippen molar-refractivity contribution in [3.05, 3.63) is 38.7 Å². The summed E-state index contributed by atoms with van der Waals surface area (Å²) in [5, 5.41) is 1.65. The molecule has 0 saturated heterocycles. The van der Waals surface area contributed by atoms with E-state index in [-0.39, 0.29) is 5.56 Å². The maximum absolute atomic E-state index is 11.4. The van der Waals surface area contributed by atoms with Gasteiger partial charge in [-0.15, -0.1) is 0 Å². The van der Waals surface area contributed by atoms with Gasteiger partial charge < -0.3 is 4.98 Å². The molecule has 2 aromatic heterocycles. The Bertz CT molecular complexity index is 671. The molecular weight excluding hydrogens is 284 g/mol. The molecule has 19 heavy (non-hydrogen) atoms. The largest absolute Gasteiger partial charge is 0.301 e. The van der Waals surface area contributed by atoms with Crippen molar-refractivity contribution in [2.75, 3.05) is 0 Å². The molecule has 2 rings (SSSR count). The summed E-state index contributed by atoms with van der Waals surface area (Å²) in [6, 6.07) is 1.45. The zero-order valence-corrected chi connectivity index (χ0v) is 12.4. The van der Waals surface area contributed by atoms with Gasteiger partial charge in [-0.1, -0.05) is 18.5 Å². The molecule has 0 aliphatic carbocycles. The van der Waals surface area contributed by atoms with E-state index in [4.69, 9.17) is 11.6 Å². The zero-order chi connectivity index (χ0) is 14.0. The van der Waals surface area contributed by atoms with Crippen molar-refractivity contribution in [3.8, 4) is 0 Å². The van der Waals surface area contributed by atoms with Crippen molar-refractivity contribution in [2.24, 2.45) is 0 Å². The molecule has 1 N–H and O–H groups in total. The normalized spacial score (nSPS) is 10.7. The minimum Gasteiger partial charge on any atom is -0.301 e. The first-order valence-electron chi connectivity index (χ1n) is 5.78. The molecule has 0 aliphatic rings. The van der Waals surface area contributed by atoms with Crippen molar-refractivity contribution in [1.29, 1.82) is 0 Å². The maximum Gasteiger partial charge on any atom is 0.251 e. The number of rotatable bonds is 3. The molecule has 0 amide bonds. The highest BCUT2D eigenvalue weighted by molar-refractivity contribution is 7.99. The molecular formula is C12H13ClN4OS. The highest BCUT2D eigenvalue weighted by Crippen LogP contribution is 2.28. The van der Waals surface area contributed by atoms with Gasteiger partial charge in [0.1, 0.15) is 16.0 Å². The van der Waals surface area contributed by atoms with Gasteiger partial charge in [0, 0.05) is 23.7 Å². The lowest BCUT2D eigenvalue weighted by atomic mass is 10.3. The fraction of sp³-hybridized carbons (Fsp3) is 0.333. The van der Waals surface area contributed by atoms with Gasteiger partial charge in [-0.25, -0.2) is 15.0 Å². The Kier molecular flexibility index (Phi) is 4.21. The summed E-state index contributed by atoms with van der Waals surface area (Å²) in [5.74, 6) is 0.674. The number of halogens is 1. The molecule has 2 aromatic rings. The Balaban J connectivity index is 2.42. The van der Waals surface area contributed by atoms with E-state index in [1.807, 2.05) is 13.8 Å². The predicted octanol–water partition coefficient (Wildman–Crippen LogP) is 2.54. The molecule has 0 saturated carbocycles. The van der Waals surface area contributed by atoms with Crippen LogP contribution in [0.15, 0.2) is 21.0 Å². The van der Waals surface area contributed by atoms with Crippen LogP contribution < -0.4 is 5.56 Å². The first kappa shape index (κ1) is 14.0. The number of H-pyrrole nitrogens is 1. The molecule has 5 nitrogen and oxygen atoms in total. The summed E-state index contributed by atoms with van der Waals surface area (Å²) in [5.41, 5.74) is 1.27. The van der Waals surface area contributed by atoms with Crippen molar-refractivity contribution in [2.45, 2.75) is 37.4 Å². The number of aryl methyl sites for hydroxylation is 2. The summed E-state index contributed by atoms with van der Waals surface area (Å²) in [6.07, 6.45) is 0.700. The van der Waals surface area contributed by atoms with E-state index < -0.39 is 0 Å². The number of aromatic nitrogens is 4. The van der Waals surface area contributed by atoms with Crippen LogP contribution in [0.1, 0.15) is 24.0 Å². The van der Waals surface area contributed by atoms with E-state index in [0.29, 0.717) is 33.3 Å². The van der Waals surface area contributed by atoms with Crippen molar-refractivity contribution < 1.29 is 0 Å². The van der Waals surface area contributed by atoms with E-state index in [9.17, 15) is 4.79 Å².